The number of Topliss-reactive ketones (excluding diaryl/α,β-unsaturated/α-hetero) is 1. The Kier molecular flexibility index (Phi) is 5.32. The predicted octanol–water partition coefficient (Wildman–Crippen LogP) is 2.44. The summed E-state index contributed by atoms with van der Waals surface area (Å²) < 4.78 is 7.80. The molecule has 134 valence electrons. The Balaban J connectivity index is 2.26. The van der Waals surface area contributed by atoms with Crippen LogP contribution in [0.1, 0.15) is 38.1 Å². The summed E-state index contributed by atoms with van der Waals surface area (Å²) in [7, 11) is -2.07. The lowest BCUT2D eigenvalue weighted by Crippen LogP contribution is -2.48. The van der Waals surface area contributed by atoms with Gasteiger partial charge in [0, 0.05) is 18.2 Å². The molecule has 1 fully saturated rings. The summed E-state index contributed by atoms with van der Waals surface area (Å²) in [5.74, 6) is 0.393. The fourth-order valence-electron chi connectivity index (χ4n) is 2.29. The number of hydrogen-bond donors (Lipinski definition) is 1. The van der Waals surface area contributed by atoms with E-state index in [-0.39, 0.29) is 21.8 Å². The number of rotatable bonds is 3. The van der Waals surface area contributed by atoms with E-state index in [2.05, 4.69) is 38.8 Å². The number of aromatic amines is 1. The minimum Gasteiger partial charge on any atom is -0.407 e. The molecule has 0 unspecified atom stereocenters. The van der Waals surface area contributed by atoms with Crippen LogP contribution in [0.25, 0.3) is 0 Å². The third kappa shape index (κ3) is 3.92. The number of aryl methyl sites for hydroxylation is 1. The van der Waals surface area contributed by atoms with Gasteiger partial charge in [0.05, 0.1) is 11.1 Å². The van der Waals surface area contributed by atoms with Crippen molar-refractivity contribution >= 4 is 25.9 Å². The Hall–Kier alpha value is -1.12. The topological polar surface area (TPSA) is 81.2 Å². The van der Waals surface area contributed by atoms with Crippen molar-refractivity contribution < 1.29 is 9.22 Å². The van der Waals surface area contributed by atoms with Gasteiger partial charge in [-0.1, -0.05) is 20.8 Å². The van der Waals surface area contributed by atoms with E-state index < -0.39 is 20.1 Å². The Labute approximate surface area is 147 Å². The summed E-state index contributed by atoms with van der Waals surface area (Å²) in [6, 6.07) is 0. The molecule has 2 rings (SSSR count). The van der Waals surface area contributed by atoms with Crippen molar-refractivity contribution in [2.24, 2.45) is 0 Å². The maximum atomic E-state index is 12.3. The van der Waals surface area contributed by atoms with Gasteiger partial charge in [-0.25, -0.2) is 4.79 Å². The lowest BCUT2D eigenvalue weighted by molar-refractivity contribution is -0.124. The highest BCUT2D eigenvalue weighted by Gasteiger charge is 2.42. The quantitative estimate of drug-likeness (QED) is 0.827. The van der Waals surface area contributed by atoms with Gasteiger partial charge in [0.2, 0.25) is 0 Å². The molecule has 2 heterocycles. The van der Waals surface area contributed by atoms with E-state index in [1.807, 2.05) is 0 Å². The summed E-state index contributed by atoms with van der Waals surface area (Å²) in [4.78, 5) is 38.3. The van der Waals surface area contributed by atoms with E-state index in [0.717, 1.165) is 0 Å². The van der Waals surface area contributed by atoms with E-state index >= 15 is 0 Å². The van der Waals surface area contributed by atoms with Crippen LogP contribution in [-0.2, 0) is 9.22 Å². The second-order valence-corrected chi connectivity index (χ2v) is 13.7. The molecular weight excluding hydrogens is 344 g/mol. The standard InChI is InChI=1S/C16H26N2O4SSi/c1-10-8-18(15(21)17-14(10)20)13-7-12(11(19)9-23-13)22-24(5,6)16(2,3)4/h8,12-13H,7,9H2,1-6H3,(H,17,20,21)/t12-,13+/m0/s1. The molecule has 24 heavy (non-hydrogen) atoms. The highest BCUT2D eigenvalue weighted by molar-refractivity contribution is 8.00. The maximum absolute atomic E-state index is 12.3. The van der Waals surface area contributed by atoms with Crippen LogP contribution in [0.4, 0.5) is 0 Å². The van der Waals surface area contributed by atoms with Crippen molar-refractivity contribution in [2.45, 2.75) is 63.7 Å². The number of ketones is 1. The van der Waals surface area contributed by atoms with Crippen LogP contribution in [-0.4, -0.2) is 35.5 Å². The van der Waals surface area contributed by atoms with Gasteiger partial charge in [0.1, 0.15) is 6.10 Å². The van der Waals surface area contributed by atoms with Crippen LogP contribution in [0, 0.1) is 6.92 Å². The molecule has 1 aromatic heterocycles. The Bertz CT molecular complexity index is 748. The first-order valence-corrected chi connectivity index (χ1v) is 12.0. The van der Waals surface area contributed by atoms with Crippen LogP contribution < -0.4 is 11.2 Å². The number of carbonyl (C=O) groups is 1. The zero-order valence-electron chi connectivity index (χ0n) is 15.1. The van der Waals surface area contributed by atoms with Crippen molar-refractivity contribution in [2.75, 3.05) is 5.75 Å². The summed E-state index contributed by atoms with van der Waals surface area (Å²) in [5.41, 5.74) is -0.334. The fourth-order valence-corrected chi connectivity index (χ4v) is 4.76. The van der Waals surface area contributed by atoms with Crippen LogP contribution in [0.3, 0.4) is 0 Å². The molecule has 1 N–H and O–H groups in total. The molecule has 1 aliphatic rings. The second-order valence-electron chi connectivity index (χ2n) is 7.81. The SMILES string of the molecule is Cc1cn([C@H]2C[C@H](O[Si](C)(C)C(C)(C)C)C(=O)CS2)c(=O)[nH]c1=O. The van der Waals surface area contributed by atoms with Crippen LogP contribution >= 0.6 is 11.8 Å². The zero-order chi connectivity index (χ0) is 18.3. The average molecular weight is 371 g/mol. The number of hydrogen-bond acceptors (Lipinski definition) is 5. The largest absolute Gasteiger partial charge is 0.407 e. The van der Waals surface area contributed by atoms with Gasteiger partial charge in [-0.2, -0.15) is 0 Å². The number of aromatic nitrogens is 2. The number of nitrogens with zero attached hydrogens (tertiary/aromatic N) is 1. The van der Waals surface area contributed by atoms with Gasteiger partial charge in [0.25, 0.3) is 5.56 Å². The fraction of sp³-hybridized carbons (Fsp3) is 0.688. The molecule has 6 nitrogen and oxygen atoms in total. The maximum Gasteiger partial charge on any atom is 0.329 e. The zero-order valence-corrected chi connectivity index (χ0v) is 17.0. The van der Waals surface area contributed by atoms with Crippen molar-refractivity contribution in [3.05, 3.63) is 32.6 Å². The number of nitrogens with one attached hydrogen (secondary N) is 1. The molecule has 1 aromatic rings. The molecule has 0 spiro atoms. The third-order valence-corrected chi connectivity index (χ3v) is 10.6. The minimum atomic E-state index is -2.07. The van der Waals surface area contributed by atoms with Crippen molar-refractivity contribution in [1.29, 1.82) is 0 Å². The third-order valence-electron chi connectivity index (χ3n) is 4.89. The summed E-state index contributed by atoms with van der Waals surface area (Å²) in [6.07, 6.45) is 1.52. The lowest BCUT2D eigenvalue weighted by atomic mass is 10.1. The number of H-pyrrole nitrogens is 1. The molecule has 0 aliphatic carbocycles. The molecule has 0 aromatic carbocycles. The van der Waals surface area contributed by atoms with E-state index in [0.29, 0.717) is 17.7 Å². The highest BCUT2D eigenvalue weighted by Crippen LogP contribution is 2.40. The van der Waals surface area contributed by atoms with E-state index in [1.54, 1.807) is 13.1 Å². The van der Waals surface area contributed by atoms with Crippen LogP contribution in [0.5, 0.6) is 0 Å². The molecule has 0 saturated carbocycles. The predicted molar refractivity (Wildman–Crippen MR) is 99.2 cm³/mol. The second kappa shape index (κ2) is 6.65. The van der Waals surface area contributed by atoms with E-state index in [1.165, 1.54) is 16.3 Å². The first-order chi connectivity index (χ1) is 10.9. The molecule has 0 amide bonds. The monoisotopic (exact) mass is 370 g/mol. The van der Waals surface area contributed by atoms with Gasteiger partial charge >= 0.3 is 5.69 Å². The molecule has 1 aliphatic heterocycles. The van der Waals surface area contributed by atoms with E-state index in [4.69, 9.17) is 4.43 Å². The summed E-state index contributed by atoms with van der Waals surface area (Å²) in [6.45, 7) is 12.3. The van der Waals surface area contributed by atoms with E-state index in [9.17, 15) is 14.4 Å². The Morgan fingerprint density at radius 2 is 1.92 bits per heavy atom. The molecule has 0 radical (unpaired) electrons. The molecule has 2 atom stereocenters. The number of carbonyl (C=O) groups excluding carboxylic acids is 1. The van der Waals surface area contributed by atoms with Crippen molar-refractivity contribution in [1.82, 2.24) is 9.55 Å². The molecule has 0 bridgehead atoms. The first kappa shape index (κ1) is 19.2. The first-order valence-electron chi connectivity index (χ1n) is 8.06. The highest BCUT2D eigenvalue weighted by atomic mass is 32.2. The van der Waals surface area contributed by atoms with Gasteiger partial charge in [-0.15, -0.1) is 11.8 Å². The summed E-state index contributed by atoms with van der Waals surface area (Å²) in [5, 5.41) is -0.195. The van der Waals surface area contributed by atoms with Crippen molar-refractivity contribution in [3.63, 3.8) is 0 Å². The lowest BCUT2D eigenvalue weighted by Gasteiger charge is -2.40. The normalized spacial score (nSPS) is 22.7. The average Bonchev–Trinajstić information content (AvgIpc) is 2.44. The molecule has 8 heteroatoms. The summed E-state index contributed by atoms with van der Waals surface area (Å²) >= 11 is 1.42. The minimum absolute atomic E-state index is 0.0127. The van der Waals surface area contributed by atoms with Gasteiger partial charge in [-0.05, 0) is 25.1 Å². The smallest absolute Gasteiger partial charge is 0.329 e. The van der Waals surface area contributed by atoms with Gasteiger partial charge in [0.15, 0.2) is 14.1 Å². The van der Waals surface area contributed by atoms with Crippen LogP contribution in [0.15, 0.2) is 15.8 Å². The van der Waals surface area contributed by atoms with Crippen molar-refractivity contribution in [3.8, 4) is 0 Å². The number of thioether (sulfide) groups is 1. The van der Waals surface area contributed by atoms with Crippen LogP contribution in [0.2, 0.25) is 18.1 Å². The molecule has 1 saturated heterocycles. The van der Waals surface area contributed by atoms with Gasteiger partial charge in [-0.3, -0.25) is 19.1 Å². The van der Waals surface area contributed by atoms with Gasteiger partial charge < -0.3 is 4.43 Å². The molecular formula is C16H26N2O4SSi. The Morgan fingerprint density at radius 3 is 2.50 bits per heavy atom. The Morgan fingerprint density at radius 1 is 1.29 bits per heavy atom.